The summed E-state index contributed by atoms with van der Waals surface area (Å²) in [6, 6.07) is 4.17. The van der Waals surface area contributed by atoms with Gasteiger partial charge in [-0.25, -0.2) is 9.13 Å². The Morgan fingerprint density at radius 1 is 1.40 bits per heavy atom. The maximum Gasteiger partial charge on any atom is 0.281 e. The van der Waals surface area contributed by atoms with E-state index in [4.69, 9.17) is 0 Å². The first-order valence-electron chi connectivity index (χ1n) is 4.61. The number of hydrogen-bond acceptors (Lipinski definition) is 1. The van der Waals surface area contributed by atoms with Gasteiger partial charge in [0.1, 0.15) is 12.4 Å². The van der Waals surface area contributed by atoms with Crippen molar-refractivity contribution in [2.24, 2.45) is 14.1 Å². The molecule has 0 spiro atoms. The minimum atomic E-state index is 1.17. The molecule has 0 unspecified atom stereocenters. The zero-order valence-corrected chi connectivity index (χ0v) is 11.0. The van der Waals surface area contributed by atoms with Crippen molar-refractivity contribution in [1.82, 2.24) is 4.57 Å². The summed E-state index contributed by atoms with van der Waals surface area (Å²) in [5.41, 5.74) is 0. The van der Waals surface area contributed by atoms with E-state index in [-0.39, 0.29) is 0 Å². The van der Waals surface area contributed by atoms with Crippen molar-refractivity contribution in [2.75, 3.05) is 0 Å². The predicted molar refractivity (Wildman–Crippen MR) is 67.5 cm³/mol. The van der Waals surface area contributed by atoms with Crippen molar-refractivity contribution >= 4 is 39.4 Å². The van der Waals surface area contributed by atoms with Crippen LogP contribution >= 0.6 is 27.3 Å². The molecule has 0 bridgehead atoms. The summed E-state index contributed by atoms with van der Waals surface area (Å²) in [5.74, 6) is 1.18. The number of aromatic nitrogens is 2. The van der Waals surface area contributed by atoms with E-state index in [0.29, 0.717) is 0 Å². The Bertz CT molecular complexity index is 477. The molecule has 0 saturated carbocycles. The summed E-state index contributed by atoms with van der Waals surface area (Å²) < 4.78 is 5.36. The Labute approximate surface area is 102 Å². The molecule has 2 aromatic heterocycles. The molecule has 0 saturated heterocycles. The second-order valence-electron chi connectivity index (χ2n) is 3.35. The lowest BCUT2D eigenvalue weighted by atomic mass is 10.4. The van der Waals surface area contributed by atoms with Gasteiger partial charge in [0.25, 0.3) is 5.82 Å². The molecule has 0 amide bonds. The van der Waals surface area contributed by atoms with E-state index in [1.807, 2.05) is 26.5 Å². The summed E-state index contributed by atoms with van der Waals surface area (Å²) in [7, 11) is 4.09. The highest BCUT2D eigenvalue weighted by molar-refractivity contribution is 9.11. The van der Waals surface area contributed by atoms with Crippen LogP contribution in [0.1, 0.15) is 10.7 Å². The monoisotopic (exact) mass is 283 g/mol. The highest BCUT2D eigenvalue weighted by atomic mass is 79.9. The van der Waals surface area contributed by atoms with E-state index in [1.165, 1.54) is 14.5 Å². The third-order valence-electron chi connectivity index (χ3n) is 2.23. The molecule has 0 N–H and O–H groups in total. The molecule has 2 aromatic rings. The van der Waals surface area contributed by atoms with Gasteiger partial charge in [-0.1, -0.05) is 0 Å². The number of imidazole rings is 1. The van der Waals surface area contributed by atoms with Crippen LogP contribution < -0.4 is 4.57 Å². The van der Waals surface area contributed by atoms with E-state index < -0.39 is 0 Å². The van der Waals surface area contributed by atoms with E-state index in [2.05, 4.69) is 49.3 Å². The molecular weight excluding hydrogens is 272 g/mol. The Balaban J connectivity index is 2.25. The van der Waals surface area contributed by atoms with Crippen LogP contribution in [0.25, 0.3) is 12.2 Å². The number of nitrogens with zero attached hydrogens (tertiary/aromatic N) is 2. The first-order valence-corrected chi connectivity index (χ1v) is 6.22. The maximum atomic E-state index is 3.45. The fraction of sp³-hybridized carbons (Fsp3) is 0.182. The molecule has 2 rings (SSSR count). The number of aryl methyl sites for hydroxylation is 2. The predicted octanol–water partition coefficient (Wildman–Crippen LogP) is 2.84. The summed E-state index contributed by atoms with van der Waals surface area (Å²) in [6.07, 6.45) is 8.34. The Morgan fingerprint density at radius 3 is 2.73 bits per heavy atom. The maximum absolute atomic E-state index is 3.45. The number of rotatable bonds is 2. The molecule has 0 radical (unpaired) electrons. The molecule has 2 heterocycles. The standard InChI is InChI=1S/C11H12BrN2S/c1-13-7-8-14(2)11(13)6-4-9-3-5-10(12)15-9/h3-8H,1-2H3/q+1/b6-4+. The average Bonchev–Trinajstić information content (AvgIpc) is 2.73. The van der Waals surface area contributed by atoms with Gasteiger partial charge in [0.05, 0.1) is 17.9 Å². The van der Waals surface area contributed by atoms with Crippen molar-refractivity contribution in [3.63, 3.8) is 0 Å². The normalized spacial score (nSPS) is 11.4. The lowest BCUT2D eigenvalue weighted by Crippen LogP contribution is -2.29. The fourth-order valence-corrected chi connectivity index (χ4v) is 2.74. The van der Waals surface area contributed by atoms with Crippen LogP contribution in [0.2, 0.25) is 0 Å². The summed E-state index contributed by atoms with van der Waals surface area (Å²) in [5, 5.41) is 0. The van der Waals surface area contributed by atoms with Gasteiger partial charge >= 0.3 is 0 Å². The van der Waals surface area contributed by atoms with E-state index in [1.54, 1.807) is 11.3 Å². The van der Waals surface area contributed by atoms with Crippen LogP contribution in [0.15, 0.2) is 28.3 Å². The third-order valence-corrected chi connectivity index (χ3v) is 3.82. The zero-order valence-electron chi connectivity index (χ0n) is 8.64. The largest absolute Gasteiger partial charge is 0.281 e. The number of hydrogen-bond donors (Lipinski definition) is 0. The van der Waals surface area contributed by atoms with E-state index in [0.717, 1.165) is 0 Å². The van der Waals surface area contributed by atoms with Crippen LogP contribution in [0, 0.1) is 0 Å². The van der Waals surface area contributed by atoms with Crippen molar-refractivity contribution in [3.05, 3.63) is 39.0 Å². The van der Waals surface area contributed by atoms with E-state index in [9.17, 15) is 0 Å². The Kier molecular flexibility index (Phi) is 3.07. The molecule has 0 aliphatic carbocycles. The molecule has 0 atom stereocenters. The van der Waals surface area contributed by atoms with Crippen LogP contribution in [0.5, 0.6) is 0 Å². The van der Waals surface area contributed by atoms with E-state index >= 15 is 0 Å². The molecular formula is C11H12BrN2S+. The van der Waals surface area contributed by atoms with Crippen LogP contribution in [-0.2, 0) is 14.1 Å². The number of halogens is 1. The molecule has 0 fully saturated rings. The summed E-state index contributed by atoms with van der Waals surface area (Å²) in [6.45, 7) is 0. The SMILES string of the molecule is Cn1cc[n+](C)c1/C=C/c1ccc(Br)s1. The van der Waals surface area contributed by atoms with Crippen LogP contribution in [0.4, 0.5) is 0 Å². The minimum absolute atomic E-state index is 1.17. The van der Waals surface area contributed by atoms with Crippen molar-refractivity contribution in [3.8, 4) is 0 Å². The van der Waals surface area contributed by atoms with Crippen molar-refractivity contribution in [1.29, 1.82) is 0 Å². The van der Waals surface area contributed by atoms with Crippen molar-refractivity contribution in [2.45, 2.75) is 0 Å². The lowest BCUT2D eigenvalue weighted by molar-refractivity contribution is -0.672. The Morgan fingerprint density at radius 2 is 2.20 bits per heavy atom. The van der Waals surface area contributed by atoms with Crippen LogP contribution in [-0.4, -0.2) is 4.57 Å². The summed E-state index contributed by atoms with van der Waals surface area (Å²) >= 11 is 5.19. The molecule has 2 nitrogen and oxygen atoms in total. The molecule has 4 heteroatoms. The third kappa shape index (κ3) is 2.38. The first-order chi connectivity index (χ1) is 7.16. The molecule has 0 aliphatic heterocycles. The van der Waals surface area contributed by atoms with Gasteiger partial charge in [-0.3, -0.25) is 0 Å². The van der Waals surface area contributed by atoms with Gasteiger partial charge in [0, 0.05) is 11.0 Å². The minimum Gasteiger partial charge on any atom is -0.233 e. The first kappa shape index (κ1) is 10.6. The Hall–Kier alpha value is -0.870. The van der Waals surface area contributed by atoms with Gasteiger partial charge in [-0.15, -0.1) is 11.3 Å². The average molecular weight is 284 g/mol. The van der Waals surface area contributed by atoms with Crippen LogP contribution in [0.3, 0.4) is 0 Å². The van der Waals surface area contributed by atoms with Gasteiger partial charge in [0.15, 0.2) is 0 Å². The zero-order chi connectivity index (χ0) is 10.8. The highest BCUT2D eigenvalue weighted by Gasteiger charge is 2.06. The smallest absolute Gasteiger partial charge is 0.233 e. The van der Waals surface area contributed by atoms with Gasteiger partial charge in [-0.05, 0) is 34.1 Å². The van der Waals surface area contributed by atoms with Crippen molar-refractivity contribution < 1.29 is 4.57 Å². The summed E-state index contributed by atoms with van der Waals surface area (Å²) in [4.78, 5) is 1.25. The fourth-order valence-electron chi connectivity index (χ4n) is 1.41. The molecule has 0 aromatic carbocycles. The highest BCUT2D eigenvalue weighted by Crippen LogP contribution is 2.23. The quantitative estimate of drug-likeness (QED) is 0.750. The lowest BCUT2D eigenvalue weighted by Gasteiger charge is -1.89. The molecule has 15 heavy (non-hydrogen) atoms. The topological polar surface area (TPSA) is 8.81 Å². The second-order valence-corrected chi connectivity index (χ2v) is 5.85. The van der Waals surface area contributed by atoms with Gasteiger partial charge in [-0.2, -0.15) is 0 Å². The molecule has 0 aliphatic rings. The second kappa shape index (κ2) is 4.33. The number of thiophene rings is 1. The van der Waals surface area contributed by atoms with Gasteiger partial charge in [0.2, 0.25) is 0 Å². The van der Waals surface area contributed by atoms with Gasteiger partial charge < -0.3 is 0 Å². The molecule has 78 valence electrons.